The van der Waals surface area contributed by atoms with Crippen molar-refractivity contribution >= 4 is 40.3 Å². The van der Waals surface area contributed by atoms with E-state index in [4.69, 9.17) is 0 Å². The number of benzene rings is 1. The van der Waals surface area contributed by atoms with Gasteiger partial charge in [-0.2, -0.15) is 0 Å². The van der Waals surface area contributed by atoms with E-state index < -0.39 is 30.2 Å². The van der Waals surface area contributed by atoms with E-state index in [9.17, 15) is 22.6 Å². The van der Waals surface area contributed by atoms with Crippen molar-refractivity contribution in [3.8, 4) is 0 Å². The fourth-order valence-corrected chi connectivity index (χ4v) is 2.62. The van der Waals surface area contributed by atoms with Crippen molar-refractivity contribution in [3.05, 3.63) is 44.4 Å². The molecule has 0 saturated heterocycles. The fourth-order valence-electron chi connectivity index (χ4n) is 2.29. The van der Waals surface area contributed by atoms with Crippen molar-refractivity contribution in [3.63, 3.8) is 0 Å². The SMILES string of the molecule is O=C(OB(F)F)c1cn(C2CC2)c2cc(Br)c(F)cc2c1=O. The van der Waals surface area contributed by atoms with Crippen LogP contribution in [-0.2, 0) is 4.65 Å². The Morgan fingerprint density at radius 2 is 2.05 bits per heavy atom. The van der Waals surface area contributed by atoms with Gasteiger partial charge in [0.15, 0.2) is 0 Å². The third-order valence-corrected chi connectivity index (χ3v) is 4.04. The summed E-state index contributed by atoms with van der Waals surface area (Å²) in [6.45, 7) is 0. The second-order valence-corrected chi connectivity index (χ2v) is 5.81. The first kappa shape index (κ1) is 15.1. The number of nitrogens with zero attached hydrogens (tertiary/aromatic N) is 1. The standard InChI is InChI=1S/C13H8BBrF3NO3/c15-9-4-11-7(3-10(9)16)12(20)8(13(21)22-14(17)18)5-19(11)6-1-2-6/h3-6H,1-2H2. The molecule has 114 valence electrons. The normalized spacial score (nSPS) is 14.2. The van der Waals surface area contributed by atoms with Crippen molar-refractivity contribution in [2.45, 2.75) is 18.9 Å². The van der Waals surface area contributed by atoms with E-state index in [2.05, 4.69) is 20.6 Å². The van der Waals surface area contributed by atoms with Gasteiger partial charge >= 0.3 is 13.4 Å². The Kier molecular flexibility index (Phi) is 3.76. The summed E-state index contributed by atoms with van der Waals surface area (Å²) in [7, 11) is -3.32. The van der Waals surface area contributed by atoms with E-state index in [1.807, 2.05) is 0 Å². The van der Waals surface area contributed by atoms with Crippen LogP contribution in [0.3, 0.4) is 0 Å². The van der Waals surface area contributed by atoms with Crippen LogP contribution in [0.5, 0.6) is 0 Å². The second-order valence-electron chi connectivity index (χ2n) is 4.96. The van der Waals surface area contributed by atoms with E-state index >= 15 is 0 Å². The number of hydrogen-bond donors (Lipinski definition) is 0. The maximum Gasteiger partial charge on any atom is 0.798 e. The molecule has 4 nitrogen and oxygen atoms in total. The van der Waals surface area contributed by atoms with Crippen LogP contribution in [0, 0.1) is 5.82 Å². The molecule has 0 bridgehead atoms. The minimum atomic E-state index is -3.32. The first-order valence-electron chi connectivity index (χ1n) is 6.41. The lowest BCUT2D eigenvalue weighted by molar-refractivity contribution is 0.0693. The van der Waals surface area contributed by atoms with Crippen LogP contribution in [0.4, 0.5) is 13.0 Å². The van der Waals surface area contributed by atoms with Crippen LogP contribution in [-0.4, -0.2) is 18.0 Å². The summed E-state index contributed by atoms with van der Waals surface area (Å²) in [5.74, 6) is -2.09. The number of halogens is 4. The van der Waals surface area contributed by atoms with Crippen LogP contribution < -0.4 is 5.43 Å². The molecule has 0 unspecified atom stereocenters. The first-order chi connectivity index (χ1) is 10.4. The maximum atomic E-state index is 13.7. The van der Waals surface area contributed by atoms with Crippen LogP contribution in [0.2, 0.25) is 0 Å². The predicted octanol–water partition coefficient (Wildman–Crippen LogP) is 3.32. The van der Waals surface area contributed by atoms with Gasteiger partial charge in [-0.15, -0.1) is 0 Å². The van der Waals surface area contributed by atoms with Gasteiger partial charge in [-0.1, -0.05) is 0 Å². The second kappa shape index (κ2) is 5.46. The van der Waals surface area contributed by atoms with Gasteiger partial charge < -0.3 is 9.22 Å². The van der Waals surface area contributed by atoms with Crippen molar-refractivity contribution in [1.82, 2.24) is 4.57 Å². The topological polar surface area (TPSA) is 48.3 Å². The van der Waals surface area contributed by atoms with Gasteiger partial charge in [0, 0.05) is 17.6 Å². The average Bonchev–Trinajstić information content (AvgIpc) is 3.25. The number of pyridine rings is 1. The van der Waals surface area contributed by atoms with Gasteiger partial charge in [-0.05, 0) is 40.9 Å². The molecule has 3 rings (SSSR count). The molecule has 0 amide bonds. The molecule has 1 aliphatic carbocycles. The summed E-state index contributed by atoms with van der Waals surface area (Å²) >= 11 is 3.04. The highest BCUT2D eigenvalue weighted by Gasteiger charge is 2.29. The molecule has 1 fully saturated rings. The number of carbonyl (C=O) groups is 1. The van der Waals surface area contributed by atoms with Gasteiger partial charge in [0.05, 0.1) is 9.99 Å². The zero-order valence-corrected chi connectivity index (χ0v) is 12.6. The number of hydrogen-bond acceptors (Lipinski definition) is 3. The third kappa shape index (κ3) is 2.65. The zero-order chi connectivity index (χ0) is 16.0. The molecule has 0 N–H and O–H groups in total. The average molecular weight is 374 g/mol. The fraction of sp³-hybridized carbons (Fsp3) is 0.231. The van der Waals surface area contributed by atoms with Gasteiger partial charge in [0.1, 0.15) is 11.4 Å². The van der Waals surface area contributed by atoms with E-state index in [-0.39, 0.29) is 15.9 Å². The summed E-state index contributed by atoms with van der Waals surface area (Å²) < 4.78 is 43.7. The molecule has 0 atom stereocenters. The Bertz CT molecular complexity index is 835. The quantitative estimate of drug-likeness (QED) is 0.775. The summed E-state index contributed by atoms with van der Waals surface area (Å²) in [6.07, 6.45) is 2.87. The molecule has 1 saturated carbocycles. The minimum Gasteiger partial charge on any atom is -0.474 e. The number of rotatable bonds is 3. The zero-order valence-electron chi connectivity index (χ0n) is 11.0. The molecule has 0 spiro atoms. The highest BCUT2D eigenvalue weighted by molar-refractivity contribution is 9.10. The molecule has 9 heteroatoms. The van der Waals surface area contributed by atoms with E-state index in [1.54, 1.807) is 4.57 Å². The molecule has 1 heterocycles. The van der Waals surface area contributed by atoms with Gasteiger partial charge in [0.2, 0.25) is 5.43 Å². The van der Waals surface area contributed by atoms with E-state index in [1.165, 1.54) is 12.3 Å². The number of aromatic nitrogens is 1. The first-order valence-corrected chi connectivity index (χ1v) is 7.21. The molecule has 22 heavy (non-hydrogen) atoms. The molecule has 2 aromatic rings. The highest BCUT2D eigenvalue weighted by Crippen LogP contribution is 2.37. The lowest BCUT2D eigenvalue weighted by atomic mass is 10.1. The molecule has 0 radical (unpaired) electrons. The lowest BCUT2D eigenvalue weighted by Crippen LogP contribution is -2.23. The van der Waals surface area contributed by atoms with Crippen LogP contribution in [0.15, 0.2) is 27.6 Å². The molecular formula is C13H8BBrF3NO3. The largest absolute Gasteiger partial charge is 0.798 e. The summed E-state index contributed by atoms with van der Waals surface area (Å²) in [5, 5.41) is -0.0451. The Hall–Kier alpha value is -1.77. The van der Waals surface area contributed by atoms with Crippen LogP contribution >= 0.6 is 15.9 Å². The van der Waals surface area contributed by atoms with Gasteiger partial charge in [-0.25, -0.2) is 17.8 Å². The molecule has 0 aliphatic heterocycles. The maximum absolute atomic E-state index is 13.7. The lowest BCUT2D eigenvalue weighted by Gasteiger charge is -2.13. The Labute approximate surface area is 131 Å². The smallest absolute Gasteiger partial charge is 0.474 e. The van der Waals surface area contributed by atoms with Crippen LogP contribution in [0.1, 0.15) is 29.2 Å². The van der Waals surface area contributed by atoms with Gasteiger partial charge in [-0.3, -0.25) is 4.79 Å². The van der Waals surface area contributed by atoms with Crippen molar-refractivity contribution < 1.29 is 22.5 Å². The highest BCUT2D eigenvalue weighted by atomic mass is 79.9. The van der Waals surface area contributed by atoms with Crippen LogP contribution in [0.25, 0.3) is 10.9 Å². The Morgan fingerprint density at radius 1 is 1.36 bits per heavy atom. The molecule has 1 aliphatic rings. The summed E-state index contributed by atoms with van der Waals surface area (Å²) in [4.78, 5) is 23.9. The monoisotopic (exact) mass is 373 g/mol. The van der Waals surface area contributed by atoms with E-state index in [0.29, 0.717) is 5.52 Å². The van der Waals surface area contributed by atoms with Crippen molar-refractivity contribution in [1.29, 1.82) is 0 Å². The molecule has 1 aromatic carbocycles. The molecule has 1 aromatic heterocycles. The molecular weight excluding hydrogens is 366 g/mol. The third-order valence-electron chi connectivity index (χ3n) is 3.43. The number of fused-ring (bicyclic) bond motifs is 1. The van der Waals surface area contributed by atoms with Crippen molar-refractivity contribution in [2.24, 2.45) is 0 Å². The van der Waals surface area contributed by atoms with Gasteiger partial charge in [0.25, 0.3) is 0 Å². The summed E-state index contributed by atoms with van der Waals surface area (Å²) in [6, 6.07) is 2.48. The minimum absolute atomic E-state index is 0.0451. The van der Waals surface area contributed by atoms with Crippen molar-refractivity contribution in [2.75, 3.05) is 0 Å². The number of carbonyl (C=O) groups excluding carboxylic acids is 1. The van der Waals surface area contributed by atoms with E-state index in [0.717, 1.165) is 18.9 Å². The summed E-state index contributed by atoms with van der Waals surface area (Å²) in [5.41, 5.74) is -0.917. The Balaban J connectivity index is 2.26. The predicted molar refractivity (Wildman–Crippen MR) is 77.5 cm³/mol. The Morgan fingerprint density at radius 3 is 2.64 bits per heavy atom.